The predicted molar refractivity (Wildman–Crippen MR) is 62.0 cm³/mol. The van der Waals surface area contributed by atoms with Crippen LogP contribution in [0.25, 0.3) is 11.3 Å². The molecule has 3 heteroatoms. The van der Waals surface area contributed by atoms with Crippen LogP contribution in [0.5, 0.6) is 0 Å². The molecule has 2 heterocycles. The van der Waals surface area contributed by atoms with Gasteiger partial charge in [-0.2, -0.15) is 0 Å². The van der Waals surface area contributed by atoms with Gasteiger partial charge in [0.15, 0.2) is 0 Å². The first-order valence-corrected chi connectivity index (χ1v) is 5.56. The van der Waals surface area contributed by atoms with E-state index in [1.54, 1.807) is 0 Å². The molecule has 0 fully saturated rings. The normalized spacial score (nSPS) is 16.1. The molecule has 16 heavy (non-hydrogen) atoms. The minimum atomic E-state index is 0.934. The highest BCUT2D eigenvalue weighted by molar-refractivity contribution is 5.63. The summed E-state index contributed by atoms with van der Waals surface area (Å²) in [5.74, 6) is 1.05. The average Bonchev–Trinajstić information content (AvgIpc) is 2.73. The van der Waals surface area contributed by atoms with Gasteiger partial charge < -0.3 is 9.42 Å². The number of nitrogens with zero attached hydrogens (tertiary/aromatic N) is 2. The van der Waals surface area contributed by atoms with Crippen LogP contribution in [0.3, 0.4) is 0 Å². The van der Waals surface area contributed by atoms with Gasteiger partial charge >= 0.3 is 0 Å². The van der Waals surface area contributed by atoms with Crippen molar-refractivity contribution in [3.8, 4) is 11.3 Å². The SMILES string of the molecule is CN1CCc2onc(-c3ccccc3)c2C1. The van der Waals surface area contributed by atoms with E-state index in [4.69, 9.17) is 4.52 Å². The van der Waals surface area contributed by atoms with Crippen LogP contribution in [0.1, 0.15) is 11.3 Å². The van der Waals surface area contributed by atoms with Crippen molar-refractivity contribution in [2.75, 3.05) is 13.6 Å². The van der Waals surface area contributed by atoms with Crippen molar-refractivity contribution in [1.29, 1.82) is 0 Å². The lowest BCUT2D eigenvalue weighted by Crippen LogP contribution is -2.25. The Balaban J connectivity index is 2.07. The molecule has 0 radical (unpaired) electrons. The first-order valence-electron chi connectivity index (χ1n) is 5.56. The smallest absolute Gasteiger partial charge is 0.143 e. The highest BCUT2D eigenvalue weighted by Gasteiger charge is 2.22. The number of likely N-dealkylation sites (N-methyl/N-ethyl adjacent to an activating group) is 1. The second-order valence-electron chi connectivity index (χ2n) is 4.29. The summed E-state index contributed by atoms with van der Waals surface area (Å²) < 4.78 is 5.41. The quantitative estimate of drug-likeness (QED) is 0.729. The van der Waals surface area contributed by atoms with Crippen LogP contribution >= 0.6 is 0 Å². The summed E-state index contributed by atoms with van der Waals surface area (Å²) in [5, 5.41) is 4.20. The van der Waals surface area contributed by atoms with Crippen molar-refractivity contribution >= 4 is 0 Å². The van der Waals surface area contributed by atoms with Gasteiger partial charge in [-0.25, -0.2) is 0 Å². The third-order valence-corrected chi connectivity index (χ3v) is 3.07. The number of aromatic nitrogens is 1. The summed E-state index contributed by atoms with van der Waals surface area (Å²) in [6.07, 6.45) is 0.964. The van der Waals surface area contributed by atoms with Crippen LogP contribution < -0.4 is 0 Å². The molecule has 3 rings (SSSR count). The first kappa shape index (κ1) is 9.60. The summed E-state index contributed by atoms with van der Waals surface area (Å²) >= 11 is 0. The molecule has 0 saturated carbocycles. The zero-order valence-corrected chi connectivity index (χ0v) is 9.31. The maximum atomic E-state index is 5.41. The number of hydrogen-bond acceptors (Lipinski definition) is 3. The molecule has 1 aliphatic rings. The van der Waals surface area contributed by atoms with Crippen LogP contribution in [0, 0.1) is 0 Å². The molecule has 0 amide bonds. The molecule has 0 saturated heterocycles. The topological polar surface area (TPSA) is 29.3 Å². The molecule has 0 unspecified atom stereocenters. The minimum absolute atomic E-state index is 0.934. The average molecular weight is 214 g/mol. The Morgan fingerprint density at radius 1 is 1.25 bits per heavy atom. The highest BCUT2D eigenvalue weighted by Crippen LogP contribution is 2.28. The fraction of sp³-hybridized carbons (Fsp3) is 0.308. The molecule has 1 aromatic heterocycles. The van der Waals surface area contributed by atoms with Gasteiger partial charge in [-0.15, -0.1) is 0 Å². The number of rotatable bonds is 1. The first-order chi connectivity index (χ1) is 7.84. The monoisotopic (exact) mass is 214 g/mol. The Labute approximate surface area is 94.7 Å². The van der Waals surface area contributed by atoms with E-state index in [0.29, 0.717) is 0 Å². The van der Waals surface area contributed by atoms with E-state index in [2.05, 4.69) is 29.2 Å². The second kappa shape index (κ2) is 3.76. The van der Waals surface area contributed by atoms with Gasteiger partial charge in [0.2, 0.25) is 0 Å². The molecule has 0 spiro atoms. The van der Waals surface area contributed by atoms with Crippen molar-refractivity contribution in [2.24, 2.45) is 0 Å². The molecule has 0 atom stereocenters. The Hall–Kier alpha value is -1.61. The van der Waals surface area contributed by atoms with Crippen LogP contribution in [-0.2, 0) is 13.0 Å². The maximum Gasteiger partial charge on any atom is 0.143 e. The van der Waals surface area contributed by atoms with Crippen molar-refractivity contribution in [1.82, 2.24) is 10.1 Å². The third-order valence-electron chi connectivity index (χ3n) is 3.07. The van der Waals surface area contributed by atoms with Gasteiger partial charge in [0.05, 0.1) is 0 Å². The minimum Gasteiger partial charge on any atom is -0.360 e. The van der Waals surface area contributed by atoms with Gasteiger partial charge in [-0.05, 0) is 7.05 Å². The Morgan fingerprint density at radius 3 is 2.88 bits per heavy atom. The molecule has 82 valence electrons. The summed E-state index contributed by atoms with van der Waals surface area (Å²) in [6, 6.07) is 10.2. The Kier molecular flexibility index (Phi) is 2.26. The van der Waals surface area contributed by atoms with E-state index < -0.39 is 0 Å². The van der Waals surface area contributed by atoms with E-state index in [0.717, 1.165) is 36.5 Å². The molecule has 0 N–H and O–H groups in total. The lowest BCUT2D eigenvalue weighted by Gasteiger charge is -2.20. The van der Waals surface area contributed by atoms with Gasteiger partial charge in [0.1, 0.15) is 11.5 Å². The summed E-state index contributed by atoms with van der Waals surface area (Å²) in [7, 11) is 2.13. The van der Waals surface area contributed by atoms with Crippen LogP contribution in [0.15, 0.2) is 34.9 Å². The maximum absolute atomic E-state index is 5.41. The molecule has 2 aromatic rings. The van der Waals surface area contributed by atoms with E-state index in [1.165, 1.54) is 5.56 Å². The molecule has 1 aliphatic heterocycles. The molecule has 0 aliphatic carbocycles. The lowest BCUT2D eigenvalue weighted by molar-refractivity contribution is 0.281. The van der Waals surface area contributed by atoms with Crippen LogP contribution in [0.4, 0.5) is 0 Å². The summed E-state index contributed by atoms with van der Waals surface area (Å²) in [4.78, 5) is 2.30. The summed E-state index contributed by atoms with van der Waals surface area (Å²) in [5.41, 5.74) is 3.39. The predicted octanol–water partition coefficient (Wildman–Crippen LogP) is 2.33. The summed E-state index contributed by atoms with van der Waals surface area (Å²) in [6.45, 7) is 1.99. The van der Waals surface area contributed by atoms with Crippen molar-refractivity contribution < 1.29 is 4.52 Å². The second-order valence-corrected chi connectivity index (χ2v) is 4.29. The van der Waals surface area contributed by atoms with E-state index in [1.807, 2.05) is 18.2 Å². The standard InChI is InChI=1S/C13H14N2O/c1-15-8-7-12-11(9-15)13(14-16-12)10-5-3-2-4-6-10/h2-6H,7-9H2,1H3. The Morgan fingerprint density at radius 2 is 2.06 bits per heavy atom. The zero-order valence-electron chi connectivity index (χ0n) is 9.31. The Bertz CT molecular complexity index is 490. The van der Waals surface area contributed by atoms with Crippen LogP contribution in [-0.4, -0.2) is 23.6 Å². The number of fused-ring (bicyclic) bond motifs is 1. The highest BCUT2D eigenvalue weighted by atomic mass is 16.5. The van der Waals surface area contributed by atoms with Gasteiger partial charge in [0.25, 0.3) is 0 Å². The van der Waals surface area contributed by atoms with Gasteiger partial charge in [-0.1, -0.05) is 35.5 Å². The van der Waals surface area contributed by atoms with Crippen molar-refractivity contribution in [3.63, 3.8) is 0 Å². The molecule has 1 aromatic carbocycles. The number of benzene rings is 1. The fourth-order valence-corrected chi connectivity index (χ4v) is 2.17. The lowest BCUT2D eigenvalue weighted by atomic mass is 10.0. The third kappa shape index (κ3) is 1.53. The van der Waals surface area contributed by atoms with Gasteiger partial charge in [-0.3, -0.25) is 0 Å². The van der Waals surface area contributed by atoms with Gasteiger partial charge in [0, 0.05) is 30.6 Å². The van der Waals surface area contributed by atoms with Crippen LogP contribution in [0.2, 0.25) is 0 Å². The number of hydrogen-bond donors (Lipinski definition) is 0. The molecular formula is C13H14N2O. The molecular weight excluding hydrogens is 200 g/mol. The van der Waals surface area contributed by atoms with E-state index in [9.17, 15) is 0 Å². The molecule has 3 nitrogen and oxygen atoms in total. The van der Waals surface area contributed by atoms with Crippen molar-refractivity contribution in [3.05, 3.63) is 41.7 Å². The van der Waals surface area contributed by atoms with E-state index >= 15 is 0 Å². The fourth-order valence-electron chi connectivity index (χ4n) is 2.17. The van der Waals surface area contributed by atoms with E-state index in [-0.39, 0.29) is 0 Å². The zero-order chi connectivity index (χ0) is 11.0. The van der Waals surface area contributed by atoms with Crippen molar-refractivity contribution in [2.45, 2.75) is 13.0 Å². The largest absolute Gasteiger partial charge is 0.360 e. The molecule has 0 bridgehead atoms.